The summed E-state index contributed by atoms with van der Waals surface area (Å²) >= 11 is 0. The molecule has 130 heavy (non-hydrogen) atoms. The predicted octanol–water partition coefficient (Wildman–Crippen LogP) is 32.0. The van der Waals surface area contributed by atoms with Crippen LogP contribution >= 0.6 is 0 Å². The molecule has 7 heterocycles. The molecule has 0 N–H and O–H groups in total. The SMILES string of the molecule is C[Si](C)(C)c1ccc(-n2c3cccc4ccc5cc(-c6ccc7c(c6)c6ccccc6n7-c6ccccc6)cc2c5c43)cc1.c1ccc(-c2cccc(-n3c4cccc5ccc6cc(-c7ccc8c(c7)c7ccccc7n8-c7ccccc7)cc3c6c54)n2)cc1.c1ccc(-n2c3ccccc3c3cc(-c4cc5ccc6cccc7c6c5c(c4)n7-c4ccccc4)ccc32)cc1. The first kappa shape index (κ1) is 74.7. The van der Waals surface area contributed by atoms with Crippen molar-refractivity contribution in [3.63, 3.8) is 0 Å². The molecule has 0 amide bonds. The van der Waals surface area contributed by atoms with Gasteiger partial charge in [-0.1, -0.05) is 292 Å². The number of hydrogen-bond acceptors (Lipinski definition) is 1. The van der Waals surface area contributed by atoms with E-state index in [0.717, 1.165) is 17.1 Å². The lowest BCUT2D eigenvalue weighted by Gasteiger charge is -2.17. The van der Waals surface area contributed by atoms with Gasteiger partial charge >= 0.3 is 0 Å². The fourth-order valence-corrected chi connectivity index (χ4v) is 22.6. The van der Waals surface area contributed by atoms with Crippen molar-refractivity contribution in [2.24, 2.45) is 0 Å². The first-order chi connectivity index (χ1) is 64.1. The summed E-state index contributed by atoms with van der Waals surface area (Å²) in [7, 11) is -1.39. The van der Waals surface area contributed by atoms with Gasteiger partial charge in [-0.2, -0.15) is 0 Å². The van der Waals surface area contributed by atoms with Gasteiger partial charge in [-0.3, -0.25) is 4.57 Å². The highest BCUT2D eigenvalue weighted by Crippen LogP contribution is 2.48. The van der Waals surface area contributed by atoms with Crippen molar-refractivity contribution >= 4 is 176 Å². The fourth-order valence-electron chi connectivity index (χ4n) is 21.4. The maximum atomic E-state index is 5.21. The van der Waals surface area contributed by atoms with Gasteiger partial charge in [0.2, 0.25) is 0 Å². The molecule has 7 aromatic heterocycles. The summed E-state index contributed by atoms with van der Waals surface area (Å²) in [6.45, 7) is 7.24. The molecule has 0 saturated heterocycles. The molecule has 0 fully saturated rings. The summed E-state index contributed by atoms with van der Waals surface area (Å²) in [6, 6.07) is 164. The van der Waals surface area contributed by atoms with E-state index in [4.69, 9.17) is 4.98 Å². The third kappa shape index (κ3) is 11.8. The molecule has 8 heteroatoms. The zero-order valence-electron chi connectivity index (χ0n) is 71.9. The Morgan fingerprint density at radius 3 is 0.823 bits per heavy atom. The maximum Gasteiger partial charge on any atom is 0.138 e. The Hall–Kier alpha value is -16.7. The summed E-state index contributed by atoms with van der Waals surface area (Å²) < 4.78 is 14.4. The summed E-state index contributed by atoms with van der Waals surface area (Å²) in [5.41, 5.74) is 30.0. The van der Waals surface area contributed by atoms with Crippen molar-refractivity contribution in [2.75, 3.05) is 0 Å². The molecular formula is C122H83N7Si. The van der Waals surface area contributed by atoms with E-state index in [9.17, 15) is 0 Å². The van der Waals surface area contributed by atoms with Crippen LogP contribution in [0.15, 0.2) is 449 Å². The number of benzene rings is 21. The first-order valence-electron chi connectivity index (χ1n) is 45.0. The van der Waals surface area contributed by atoms with Crippen LogP contribution < -0.4 is 5.19 Å². The zero-order valence-corrected chi connectivity index (χ0v) is 72.9. The van der Waals surface area contributed by atoms with Crippen LogP contribution in [0.25, 0.3) is 242 Å². The highest BCUT2D eigenvalue weighted by atomic mass is 28.3. The van der Waals surface area contributed by atoms with Crippen LogP contribution in [0.5, 0.6) is 0 Å². The molecule has 0 radical (unpaired) electrons. The minimum atomic E-state index is -1.39. The van der Waals surface area contributed by atoms with Gasteiger partial charge in [0.1, 0.15) is 5.82 Å². The van der Waals surface area contributed by atoms with E-state index in [0.29, 0.717) is 0 Å². The molecule has 7 nitrogen and oxygen atoms in total. The summed E-state index contributed by atoms with van der Waals surface area (Å²) in [4.78, 5) is 5.21. The van der Waals surface area contributed by atoms with Crippen LogP contribution in [0.4, 0.5) is 0 Å². The van der Waals surface area contributed by atoms with E-state index in [1.54, 1.807) is 0 Å². The zero-order chi connectivity index (χ0) is 86.0. The van der Waals surface area contributed by atoms with E-state index in [-0.39, 0.29) is 0 Å². The minimum absolute atomic E-state index is 0.921. The largest absolute Gasteiger partial charge is 0.309 e. The summed E-state index contributed by atoms with van der Waals surface area (Å²) in [6.07, 6.45) is 0. The Labute approximate surface area is 751 Å². The lowest BCUT2D eigenvalue weighted by atomic mass is 9.96. The lowest BCUT2D eigenvalue weighted by molar-refractivity contribution is 1.08. The van der Waals surface area contributed by atoms with Crippen LogP contribution in [0.2, 0.25) is 19.6 Å². The Balaban J connectivity index is 0.000000103. The van der Waals surface area contributed by atoms with Crippen LogP contribution in [-0.2, 0) is 0 Å². The van der Waals surface area contributed by atoms with Gasteiger partial charge in [-0.25, -0.2) is 4.98 Å². The molecule has 0 bridgehead atoms. The normalized spacial score (nSPS) is 12.1. The van der Waals surface area contributed by atoms with Gasteiger partial charge < -0.3 is 22.8 Å². The van der Waals surface area contributed by atoms with Crippen LogP contribution in [0, 0.1) is 0 Å². The van der Waals surface area contributed by atoms with Gasteiger partial charge in [-0.05, 0) is 248 Å². The second kappa shape index (κ2) is 29.5. The van der Waals surface area contributed by atoms with Crippen molar-refractivity contribution in [3.8, 4) is 78.9 Å². The highest BCUT2D eigenvalue weighted by molar-refractivity contribution is 6.88. The molecule has 0 aliphatic heterocycles. The predicted molar refractivity (Wildman–Crippen MR) is 554 cm³/mol. The number of para-hydroxylation sites is 7. The van der Waals surface area contributed by atoms with Gasteiger partial charge in [0.25, 0.3) is 0 Å². The fraction of sp³-hybridized carbons (Fsp3) is 0.0246. The molecule has 0 saturated carbocycles. The molecule has 0 atom stereocenters. The number of aromatic nitrogens is 7. The maximum absolute atomic E-state index is 5.21. The monoisotopic (exact) mass is 1670 g/mol. The van der Waals surface area contributed by atoms with E-state index in [2.05, 4.69) is 490 Å². The summed E-state index contributed by atoms with van der Waals surface area (Å²) in [5.74, 6) is 0.921. The van der Waals surface area contributed by atoms with Gasteiger partial charge in [0.05, 0.1) is 80.0 Å². The van der Waals surface area contributed by atoms with Gasteiger partial charge in [-0.15, -0.1) is 0 Å². The van der Waals surface area contributed by atoms with Crippen molar-refractivity contribution in [3.05, 3.63) is 449 Å². The smallest absolute Gasteiger partial charge is 0.138 e. The second-order valence-electron chi connectivity index (χ2n) is 35.7. The van der Waals surface area contributed by atoms with Crippen LogP contribution in [0.3, 0.4) is 0 Å². The number of nitrogens with zero attached hydrogens (tertiary/aromatic N) is 7. The molecule has 0 aliphatic rings. The molecule has 0 unspecified atom stereocenters. The standard InChI is InChI=1S/C43H27N3.C41H32N2Si.C38H24N2/c1-3-11-28(12-4-1)36-17-10-20-41(44-36)46-39-19-9-13-29-21-22-31-25-32(27-40(46)43(31)42(29)39)30-23-24-38-35(26-30)34-16-7-8-18-37(34)45(38)33-14-5-2-6-15-33;1-44(2,3)33-21-19-32(20-22-33)43-38-15-9-10-27-16-17-29-24-30(26-39(43)41(29)40(27)38)28-18-23-37-35(25-28)34-13-7-8-14-36(34)42(37)31-11-5-4-6-12-31;1-3-11-29(12-4-1)39-33-16-8-7-15-31(33)32-23-26(20-21-34(32)39)28-22-27-19-18-25-10-9-17-35-37(25)38(27)36(24-28)40(35)30-13-5-2-6-14-30/h1-27H;4-26H,1-3H3;1-24H. The Kier molecular flexibility index (Phi) is 17.0. The molecule has 0 spiro atoms. The summed E-state index contributed by atoms with van der Waals surface area (Å²) in [5, 5.41) is 24.6. The van der Waals surface area contributed by atoms with Crippen molar-refractivity contribution in [1.29, 1.82) is 0 Å². The number of hydrogen-bond donors (Lipinski definition) is 0. The van der Waals surface area contributed by atoms with Crippen LogP contribution in [0.1, 0.15) is 0 Å². The van der Waals surface area contributed by atoms with Crippen molar-refractivity contribution in [2.45, 2.75) is 19.6 Å². The Bertz CT molecular complexity index is 9310. The van der Waals surface area contributed by atoms with Gasteiger partial charge in [0.15, 0.2) is 0 Å². The number of rotatable bonds is 11. The third-order valence-corrected chi connectivity index (χ3v) is 29.4. The van der Waals surface area contributed by atoms with Crippen LogP contribution in [-0.4, -0.2) is 40.5 Å². The lowest BCUT2D eigenvalue weighted by Crippen LogP contribution is -2.37. The van der Waals surface area contributed by atoms with E-state index < -0.39 is 8.07 Å². The first-order valence-corrected chi connectivity index (χ1v) is 48.5. The molecule has 28 rings (SSSR count). The Morgan fingerprint density at radius 2 is 0.454 bits per heavy atom. The highest BCUT2D eigenvalue weighted by Gasteiger charge is 2.26. The number of fused-ring (bicyclic) bond motifs is 9. The van der Waals surface area contributed by atoms with Crippen molar-refractivity contribution < 1.29 is 0 Å². The van der Waals surface area contributed by atoms with Gasteiger partial charge in [0, 0.05) is 98.6 Å². The third-order valence-electron chi connectivity index (χ3n) is 27.3. The minimum Gasteiger partial charge on any atom is -0.309 e. The average Bonchev–Trinajstić information content (AvgIpc) is 1.57. The number of pyridine rings is 1. The molecular weight excluding hydrogens is 1590 g/mol. The topological polar surface area (TPSA) is 42.5 Å². The van der Waals surface area contributed by atoms with E-state index >= 15 is 0 Å². The second-order valence-corrected chi connectivity index (χ2v) is 40.8. The Morgan fingerprint density at radius 1 is 0.169 bits per heavy atom. The van der Waals surface area contributed by atoms with Crippen molar-refractivity contribution in [1.82, 2.24) is 32.4 Å². The average molecular weight is 1680 g/mol. The quantitative estimate of drug-likeness (QED) is 0.0940. The van der Waals surface area contributed by atoms with E-state index in [1.165, 1.54) is 230 Å². The molecule has 21 aromatic carbocycles. The molecule has 28 aromatic rings. The van der Waals surface area contributed by atoms with E-state index in [1.807, 2.05) is 6.07 Å². The molecule has 610 valence electrons. The molecule has 0 aliphatic carbocycles.